The Morgan fingerprint density at radius 2 is 1.91 bits per heavy atom. The van der Waals surface area contributed by atoms with Crippen LogP contribution in [-0.4, -0.2) is 69.5 Å². The molecule has 128 valence electrons. The fraction of sp³-hybridized carbons (Fsp3) is 0.500. The maximum absolute atomic E-state index is 9.95. The van der Waals surface area contributed by atoms with Gasteiger partial charge in [-0.15, -0.1) is 0 Å². The van der Waals surface area contributed by atoms with Crippen molar-refractivity contribution in [1.82, 2.24) is 19.5 Å². The van der Waals surface area contributed by atoms with E-state index in [1.54, 1.807) is 0 Å². The van der Waals surface area contributed by atoms with Crippen molar-refractivity contribution >= 4 is 25.2 Å². The molecule has 2 aromatic heterocycles. The quantitative estimate of drug-likeness (QED) is 0.310. The lowest BCUT2D eigenvalue weighted by Crippen LogP contribution is -2.33. The first kappa shape index (κ1) is 17.7. The molecule has 0 spiro atoms. The second-order valence-corrected chi connectivity index (χ2v) is 5.16. The second-order valence-electron chi connectivity index (χ2n) is 4.59. The number of nitrogens with zero attached hydrogens (tertiary/aromatic N) is 4. The molecule has 1 aliphatic rings. The predicted octanol–water partition coefficient (Wildman–Crippen LogP) is -2.62. The minimum Gasteiger partial charge on any atom is -0.394 e. The smallest absolute Gasteiger partial charge is 0.314 e. The lowest BCUT2D eigenvalue weighted by atomic mass is 10.1. The van der Waals surface area contributed by atoms with Gasteiger partial charge in [0, 0.05) is 0 Å². The molecule has 12 nitrogen and oxygen atoms in total. The van der Waals surface area contributed by atoms with Crippen LogP contribution < -0.4 is 5.73 Å². The van der Waals surface area contributed by atoms with Gasteiger partial charge in [-0.2, -0.15) is 0 Å². The molecule has 0 bridgehead atoms. The molecule has 0 saturated carbocycles. The molecule has 1 fully saturated rings. The molecule has 7 N–H and O–H groups in total. The number of ether oxygens (including phenoxy) is 1. The van der Waals surface area contributed by atoms with Crippen molar-refractivity contribution in [3.8, 4) is 0 Å². The molecule has 0 radical (unpaired) electrons. The highest BCUT2D eigenvalue weighted by Gasteiger charge is 2.43. The summed E-state index contributed by atoms with van der Waals surface area (Å²) >= 11 is 0. The number of aliphatic hydroxyl groups is 3. The number of hydrogen-bond donors (Lipinski definition) is 6. The van der Waals surface area contributed by atoms with Crippen LogP contribution >= 0.6 is 8.25 Å². The lowest BCUT2D eigenvalue weighted by Gasteiger charge is -2.16. The van der Waals surface area contributed by atoms with Crippen LogP contribution in [0.4, 0.5) is 5.82 Å². The summed E-state index contributed by atoms with van der Waals surface area (Å²) in [5.41, 5.74) is 6.44. The average molecular weight is 349 g/mol. The number of hydrogen-bond acceptors (Lipinski definition) is 9. The van der Waals surface area contributed by atoms with Gasteiger partial charge in [0.1, 0.15) is 30.2 Å². The lowest BCUT2D eigenvalue weighted by molar-refractivity contribution is -0.0511. The summed E-state index contributed by atoms with van der Waals surface area (Å²) in [5.74, 6) is 0.218. The third-order valence-electron chi connectivity index (χ3n) is 3.18. The normalized spacial score (nSPS) is 27.2. The fourth-order valence-electron chi connectivity index (χ4n) is 2.17. The van der Waals surface area contributed by atoms with E-state index in [0.717, 1.165) is 0 Å². The highest BCUT2D eigenvalue weighted by Crippen LogP contribution is 2.31. The third kappa shape index (κ3) is 3.64. The summed E-state index contributed by atoms with van der Waals surface area (Å²) in [6.07, 6.45) is -1.42. The van der Waals surface area contributed by atoms with Crippen molar-refractivity contribution in [3.05, 3.63) is 12.7 Å². The number of aliphatic hydroxyl groups excluding tert-OH is 3. The van der Waals surface area contributed by atoms with Gasteiger partial charge in [-0.05, 0) is 0 Å². The maximum atomic E-state index is 9.95. The molecule has 3 heterocycles. The number of nitrogen functional groups attached to an aromatic ring is 1. The first-order valence-corrected chi connectivity index (χ1v) is 7.64. The summed E-state index contributed by atoms with van der Waals surface area (Å²) in [5, 5.41) is 28.7. The number of aromatic nitrogens is 4. The van der Waals surface area contributed by atoms with E-state index in [0.29, 0.717) is 11.2 Å². The molecule has 1 aliphatic heterocycles. The van der Waals surface area contributed by atoms with E-state index in [4.69, 9.17) is 29.9 Å². The first-order chi connectivity index (χ1) is 10.9. The van der Waals surface area contributed by atoms with Crippen LogP contribution in [0.15, 0.2) is 12.7 Å². The second kappa shape index (κ2) is 7.27. The Morgan fingerprint density at radius 1 is 1.26 bits per heavy atom. The van der Waals surface area contributed by atoms with E-state index in [9.17, 15) is 10.2 Å². The Morgan fingerprint density at radius 3 is 2.48 bits per heavy atom. The van der Waals surface area contributed by atoms with Crippen LogP contribution in [0.5, 0.6) is 0 Å². The van der Waals surface area contributed by atoms with Crippen LogP contribution in [0.3, 0.4) is 0 Å². The van der Waals surface area contributed by atoms with Gasteiger partial charge in [0.2, 0.25) is 0 Å². The summed E-state index contributed by atoms with van der Waals surface area (Å²) in [7, 11) is -3.13. The SMILES string of the molecule is Nc1ncnc2c1ncn2[C@@H]1O[C@H](CO)[C@@H](O)[C@H]1O.O=[PH](O)O. The number of rotatable bonds is 2. The zero-order valence-electron chi connectivity index (χ0n) is 11.6. The number of nitrogens with two attached hydrogens (primary N) is 1. The Kier molecular flexibility index (Phi) is 5.59. The van der Waals surface area contributed by atoms with Gasteiger partial charge in [0.05, 0.1) is 12.9 Å². The molecule has 0 aliphatic carbocycles. The Balaban J connectivity index is 0.000000433. The molecule has 0 unspecified atom stereocenters. The standard InChI is InChI=1S/C10H13N5O4.H3O3P/c11-8-5-9(13-2-12-8)15(3-14-5)10-7(18)6(17)4(1-16)19-10;1-4(2)3/h2-4,6-7,10,16-18H,1H2,(H2,11,12,13);4H,(H2,1,2,3)/t4-,6-,7-,10-;/m1./s1. The molecule has 1 saturated heterocycles. The van der Waals surface area contributed by atoms with Gasteiger partial charge in [-0.3, -0.25) is 9.13 Å². The molecule has 4 atom stereocenters. The molecule has 13 heteroatoms. The number of anilines is 1. The molecule has 0 amide bonds. The van der Waals surface area contributed by atoms with Crippen molar-refractivity contribution < 1.29 is 34.4 Å². The van der Waals surface area contributed by atoms with Gasteiger partial charge in [0.25, 0.3) is 0 Å². The van der Waals surface area contributed by atoms with Gasteiger partial charge in [0.15, 0.2) is 17.7 Å². The van der Waals surface area contributed by atoms with E-state index in [1.165, 1.54) is 17.2 Å². The van der Waals surface area contributed by atoms with Crippen LogP contribution in [0.25, 0.3) is 11.2 Å². The summed E-state index contributed by atoms with van der Waals surface area (Å²) in [6.45, 7) is -0.390. The van der Waals surface area contributed by atoms with Crippen LogP contribution in [0, 0.1) is 0 Å². The summed E-state index contributed by atoms with van der Waals surface area (Å²) in [4.78, 5) is 26.2. The highest BCUT2D eigenvalue weighted by atomic mass is 31.1. The molecular formula is C10H16N5O7P. The summed E-state index contributed by atoms with van der Waals surface area (Å²) < 4.78 is 15.6. The highest BCUT2D eigenvalue weighted by molar-refractivity contribution is 7.30. The van der Waals surface area contributed by atoms with Crippen molar-refractivity contribution in [2.45, 2.75) is 24.5 Å². The minimum atomic E-state index is -3.13. The molecule has 2 aromatic rings. The number of imidazole rings is 1. The Labute approximate surface area is 129 Å². The average Bonchev–Trinajstić information content (AvgIpc) is 3.02. The molecule has 0 aromatic carbocycles. The predicted molar refractivity (Wildman–Crippen MR) is 76.2 cm³/mol. The monoisotopic (exact) mass is 349 g/mol. The van der Waals surface area contributed by atoms with Gasteiger partial charge in [-0.25, -0.2) is 15.0 Å². The van der Waals surface area contributed by atoms with Crippen LogP contribution in [0.2, 0.25) is 0 Å². The van der Waals surface area contributed by atoms with Crippen molar-refractivity contribution in [2.24, 2.45) is 0 Å². The van der Waals surface area contributed by atoms with E-state index in [2.05, 4.69) is 15.0 Å². The Bertz CT molecular complexity index is 693. The van der Waals surface area contributed by atoms with E-state index >= 15 is 0 Å². The van der Waals surface area contributed by atoms with E-state index < -0.39 is 39.4 Å². The fourth-order valence-corrected chi connectivity index (χ4v) is 2.17. The molecular weight excluding hydrogens is 333 g/mol. The van der Waals surface area contributed by atoms with Crippen molar-refractivity contribution in [1.29, 1.82) is 0 Å². The topological polar surface area (TPSA) is 197 Å². The zero-order valence-corrected chi connectivity index (χ0v) is 12.6. The van der Waals surface area contributed by atoms with Gasteiger partial charge < -0.3 is 35.6 Å². The van der Waals surface area contributed by atoms with Crippen LogP contribution in [0.1, 0.15) is 6.23 Å². The largest absolute Gasteiger partial charge is 0.394 e. The molecule has 23 heavy (non-hydrogen) atoms. The van der Waals surface area contributed by atoms with Crippen molar-refractivity contribution in [2.75, 3.05) is 12.3 Å². The number of fused-ring (bicyclic) bond motifs is 1. The van der Waals surface area contributed by atoms with Gasteiger partial charge >= 0.3 is 8.25 Å². The zero-order chi connectivity index (χ0) is 17.1. The van der Waals surface area contributed by atoms with Crippen molar-refractivity contribution in [3.63, 3.8) is 0 Å². The first-order valence-electron chi connectivity index (χ1n) is 6.34. The Hall–Kier alpha value is -1.66. The van der Waals surface area contributed by atoms with Gasteiger partial charge in [-0.1, -0.05) is 0 Å². The third-order valence-corrected chi connectivity index (χ3v) is 3.18. The van der Waals surface area contributed by atoms with E-state index in [-0.39, 0.29) is 5.82 Å². The van der Waals surface area contributed by atoms with Crippen LogP contribution in [-0.2, 0) is 9.30 Å². The minimum absolute atomic E-state index is 0.218. The summed E-state index contributed by atoms with van der Waals surface area (Å²) in [6, 6.07) is 0. The molecule has 3 rings (SSSR count). The van der Waals surface area contributed by atoms with E-state index in [1.807, 2.05) is 0 Å². The maximum Gasteiger partial charge on any atom is 0.314 e.